The number of anilines is 2. The molecule has 0 radical (unpaired) electrons. The van der Waals surface area contributed by atoms with E-state index < -0.39 is 11.2 Å². The molecule has 0 fully saturated rings. The molecule has 0 bridgehead atoms. The lowest BCUT2D eigenvalue weighted by Crippen LogP contribution is -2.45. The summed E-state index contributed by atoms with van der Waals surface area (Å²) in [5.74, 6) is -0.214. The molecule has 0 unspecified atom stereocenters. The average molecular weight is 408 g/mol. The lowest BCUT2D eigenvalue weighted by atomic mass is 10.2. The SMILES string of the molecule is CCCCn1c(N)c(N(CCC)C(=S)NCc2ccc(F)cc2)c(=O)[nH]c1=O. The number of aromatic amines is 1. The van der Waals surface area contributed by atoms with E-state index in [1.54, 1.807) is 17.0 Å². The Labute approximate surface area is 168 Å². The molecule has 2 rings (SSSR count). The molecule has 0 aliphatic carbocycles. The summed E-state index contributed by atoms with van der Waals surface area (Å²) >= 11 is 5.48. The zero-order valence-corrected chi connectivity index (χ0v) is 16.9. The molecule has 152 valence electrons. The lowest BCUT2D eigenvalue weighted by Gasteiger charge is -2.26. The van der Waals surface area contributed by atoms with Gasteiger partial charge in [-0.15, -0.1) is 0 Å². The van der Waals surface area contributed by atoms with E-state index in [1.807, 2.05) is 13.8 Å². The summed E-state index contributed by atoms with van der Waals surface area (Å²) in [6, 6.07) is 6.05. The summed E-state index contributed by atoms with van der Waals surface area (Å²) in [4.78, 5) is 28.6. The van der Waals surface area contributed by atoms with Gasteiger partial charge in [-0.1, -0.05) is 32.4 Å². The molecule has 1 aromatic carbocycles. The molecule has 9 heteroatoms. The molecule has 28 heavy (non-hydrogen) atoms. The van der Waals surface area contributed by atoms with Crippen LogP contribution in [0.5, 0.6) is 0 Å². The molecule has 0 saturated heterocycles. The van der Waals surface area contributed by atoms with E-state index in [4.69, 9.17) is 18.0 Å². The van der Waals surface area contributed by atoms with E-state index in [0.717, 1.165) is 18.4 Å². The Morgan fingerprint density at radius 1 is 1.25 bits per heavy atom. The van der Waals surface area contributed by atoms with Crippen molar-refractivity contribution in [2.45, 2.75) is 46.2 Å². The van der Waals surface area contributed by atoms with Crippen LogP contribution in [-0.4, -0.2) is 21.2 Å². The van der Waals surface area contributed by atoms with Crippen molar-refractivity contribution in [3.05, 3.63) is 56.5 Å². The molecule has 0 spiro atoms. The first-order valence-electron chi connectivity index (χ1n) is 9.31. The first-order valence-corrected chi connectivity index (χ1v) is 9.72. The van der Waals surface area contributed by atoms with Crippen molar-refractivity contribution in [3.63, 3.8) is 0 Å². The second-order valence-electron chi connectivity index (χ2n) is 6.44. The summed E-state index contributed by atoms with van der Waals surface area (Å²) in [5.41, 5.74) is 6.09. The van der Waals surface area contributed by atoms with Crippen LogP contribution in [0.3, 0.4) is 0 Å². The van der Waals surface area contributed by atoms with Gasteiger partial charge in [-0.3, -0.25) is 14.3 Å². The number of nitrogens with zero attached hydrogens (tertiary/aromatic N) is 2. The molecule has 0 saturated carbocycles. The van der Waals surface area contributed by atoms with Crippen LogP contribution < -0.4 is 27.2 Å². The third-order valence-electron chi connectivity index (χ3n) is 4.27. The highest BCUT2D eigenvalue weighted by atomic mass is 32.1. The van der Waals surface area contributed by atoms with Crippen molar-refractivity contribution >= 4 is 28.8 Å². The van der Waals surface area contributed by atoms with Crippen LogP contribution in [0.2, 0.25) is 0 Å². The number of thiocarbonyl (C=S) groups is 1. The smallest absolute Gasteiger partial charge is 0.330 e. The van der Waals surface area contributed by atoms with Crippen LogP contribution in [0.15, 0.2) is 33.9 Å². The number of halogens is 1. The van der Waals surface area contributed by atoms with Gasteiger partial charge in [-0.25, -0.2) is 9.18 Å². The predicted molar refractivity (Wildman–Crippen MR) is 114 cm³/mol. The third kappa shape index (κ3) is 5.19. The molecule has 0 aliphatic heterocycles. The highest BCUT2D eigenvalue weighted by Crippen LogP contribution is 2.18. The highest BCUT2D eigenvalue weighted by molar-refractivity contribution is 7.80. The van der Waals surface area contributed by atoms with Crippen molar-refractivity contribution in [3.8, 4) is 0 Å². The van der Waals surface area contributed by atoms with Crippen molar-refractivity contribution in [1.29, 1.82) is 0 Å². The second kappa shape index (κ2) is 10.0. The number of unbranched alkanes of at least 4 members (excludes halogenated alkanes) is 1. The number of hydrogen-bond donors (Lipinski definition) is 3. The third-order valence-corrected chi connectivity index (χ3v) is 4.63. The minimum atomic E-state index is -0.574. The maximum atomic E-state index is 13.0. The van der Waals surface area contributed by atoms with Crippen LogP contribution in [0.25, 0.3) is 0 Å². The molecule has 7 nitrogen and oxygen atoms in total. The maximum Gasteiger partial charge on any atom is 0.330 e. The lowest BCUT2D eigenvalue weighted by molar-refractivity contribution is 0.604. The molecule has 4 N–H and O–H groups in total. The van der Waals surface area contributed by atoms with Crippen LogP contribution in [0.4, 0.5) is 15.9 Å². The first-order chi connectivity index (χ1) is 13.4. The summed E-state index contributed by atoms with van der Waals surface area (Å²) < 4.78 is 14.4. The Kier molecular flexibility index (Phi) is 7.74. The Bertz CT molecular complexity index is 923. The summed E-state index contributed by atoms with van der Waals surface area (Å²) in [7, 11) is 0. The fraction of sp³-hybridized carbons (Fsp3) is 0.421. The fourth-order valence-corrected chi connectivity index (χ4v) is 3.05. The van der Waals surface area contributed by atoms with Gasteiger partial charge in [0.05, 0.1) is 0 Å². The van der Waals surface area contributed by atoms with Crippen LogP contribution in [-0.2, 0) is 13.1 Å². The molecule has 1 heterocycles. The van der Waals surface area contributed by atoms with Gasteiger partial charge in [0.25, 0.3) is 5.56 Å². The molecular weight excluding hydrogens is 381 g/mol. The Morgan fingerprint density at radius 3 is 2.54 bits per heavy atom. The maximum absolute atomic E-state index is 13.0. The van der Waals surface area contributed by atoms with Gasteiger partial charge in [0.2, 0.25) is 0 Å². The van der Waals surface area contributed by atoms with E-state index >= 15 is 0 Å². The Balaban J connectivity index is 2.31. The zero-order valence-electron chi connectivity index (χ0n) is 16.1. The molecule has 0 amide bonds. The Hall–Kier alpha value is -2.68. The molecule has 2 aromatic rings. The quantitative estimate of drug-likeness (QED) is 0.582. The van der Waals surface area contributed by atoms with Crippen LogP contribution >= 0.6 is 12.2 Å². The van der Waals surface area contributed by atoms with Gasteiger partial charge < -0.3 is 16.0 Å². The van der Waals surface area contributed by atoms with Crippen molar-refractivity contribution in [1.82, 2.24) is 14.9 Å². The summed E-state index contributed by atoms with van der Waals surface area (Å²) in [6.45, 7) is 5.20. The van der Waals surface area contributed by atoms with Crippen molar-refractivity contribution < 1.29 is 4.39 Å². The molecule has 0 aliphatic rings. The number of nitrogens with two attached hydrogens (primary N) is 1. The Morgan fingerprint density at radius 2 is 1.93 bits per heavy atom. The van der Waals surface area contributed by atoms with Crippen LogP contribution in [0, 0.1) is 5.82 Å². The number of nitrogen functional groups attached to an aromatic ring is 1. The summed E-state index contributed by atoms with van der Waals surface area (Å²) in [5, 5.41) is 3.38. The van der Waals surface area contributed by atoms with E-state index in [1.165, 1.54) is 16.7 Å². The molecule has 0 atom stereocenters. The largest absolute Gasteiger partial charge is 0.383 e. The standard InChI is InChI=1S/C19H26FN5O2S/c1-3-5-11-25-16(21)15(17(26)23-18(25)27)24(10-4-2)19(28)22-12-13-6-8-14(20)9-7-13/h6-9H,3-5,10-12,21H2,1-2H3,(H,22,28)(H,23,26,27). The zero-order chi connectivity index (χ0) is 20.7. The van der Waals surface area contributed by atoms with Gasteiger partial charge in [0.15, 0.2) is 10.8 Å². The summed E-state index contributed by atoms with van der Waals surface area (Å²) in [6.07, 6.45) is 2.36. The normalized spacial score (nSPS) is 10.7. The second-order valence-corrected chi connectivity index (χ2v) is 6.82. The van der Waals surface area contributed by atoms with Crippen molar-refractivity contribution in [2.75, 3.05) is 17.2 Å². The number of benzene rings is 1. The van der Waals surface area contributed by atoms with Gasteiger partial charge in [-0.2, -0.15) is 0 Å². The van der Waals surface area contributed by atoms with Crippen LogP contribution in [0.1, 0.15) is 38.7 Å². The van der Waals surface area contributed by atoms with Gasteiger partial charge in [-0.05, 0) is 42.8 Å². The number of hydrogen-bond acceptors (Lipinski definition) is 4. The number of nitrogens with one attached hydrogen (secondary N) is 2. The fourth-order valence-electron chi connectivity index (χ4n) is 2.79. The predicted octanol–water partition coefficient (Wildman–Crippen LogP) is 2.35. The minimum Gasteiger partial charge on any atom is -0.383 e. The van der Waals surface area contributed by atoms with E-state index in [9.17, 15) is 14.0 Å². The van der Waals surface area contributed by atoms with E-state index in [2.05, 4.69) is 10.3 Å². The van der Waals surface area contributed by atoms with Gasteiger partial charge in [0, 0.05) is 19.6 Å². The van der Waals surface area contributed by atoms with Gasteiger partial charge >= 0.3 is 5.69 Å². The highest BCUT2D eigenvalue weighted by Gasteiger charge is 2.21. The monoisotopic (exact) mass is 407 g/mol. The van der Waals surface area contributed by atoms with E-state index in [0.29, 0.717) is 31.2 Å². The number of aromatic nitrogens is 2. The average Bonchev–Trinajstić information content (AvgIpc) is 2.66. The van der Waals surface area contributed by atoms with Crippen molar-refractivity contribution in [2.24, 2.45) is 0 Å². The molecule has 1 aromatic heterocycles. The number of rotatable bonds is 8. The van der Waals surface area contributed by atoms with E-state index in [-0.39, 0.29) is 17.3 Å². The minimum absolute atomic E-state index is 0.0987. The number of H-pyrrole nitrogens is 1. The first kappa shape index (κ1) is 21.6. The molecular formula is C19H26FN5O2S. The topological polar surface area (TPSA) is 96.2 Å². The van der Waals surface area contributed by atoms with Gasteiger partial charge in [0.1, 0.15) is 11.6 Å².